The van der Waals surface area contributed by atoms with Gasteiger partial charge in [-0.25, -0.2) is 0 Å². The Kier molecular flexibility index (Phi) is 4.10. The van der Waals surface area contributed by atoms with Crippen LogP contribution in [0, 0.1) is 0 Å². The largest absolute Gasteiger partial charge is 0.456 e. The Labute approximate surface area is 210 Å². The summed E-state index contributed by atoms with van der Waals surface area (Å²) < 4.78 is 6.02. The zero-order chi connectivity index (χ0) is 22.9. The smallest absolute Gasteiger partial charge is 0.135 e. The Morgan fingerprint density at radius 3 is 2.20 bits per heavy atom. The molecule has 0 N–H and O–H groups in total. The second-order valence-electron chi connectivity index (χ2n) is 8.95. The second kappa shape index (κ2) is 7.35. The van der Waals surface area contributed by atoms with E-state index >= 15 is 0 Å². The van der Waals surface area contributed by atoms with Gasteiger partial charge >= 0.3 is 0 Å². The lowest BCUT2D eigenvalue weighted by Crippen LogP contribution is -1.93. The SMILES string of the molecule is c1cc2c3c(cccc3c1)-c1cc(-c3ccc(-c4ccc5oc6ccccc6c5c4)s3)ccc1S2. The van der Waals surface area contributed by atoms with Crippen molar-refractivity contribution in [1.82, 2.24) is 0 Å². The summed E-state index contributed by atoms with van der Waals surface area (Å²) in [5, 5.41) is 5.02. The Morgan fingerprint density at radius 2 is 1.29 bits per heavy atom. The molecule has 1 nitrogen and oxygen atoms in total. The molecule has 0 saturated heterocycles. The number of thiophene rings is 1. The first-order valence-electron chi connectivity index (χ1n) is 11.7. The quantitative estimate of drug-likeness (QED) is 0.243. The fraction of sp³-hybridized carbons (Fsp3) is 0. The highest BCUT2D eigenvalue weighted by Crippen LogP contribution is 2.49. The molecule has 5 aromatic carbocycles. The molecule has 0 saturated carbocycles. The van der Waals surface area contributed by atoms with E-state index in [-0.39, 0.29) is 0 Å². The summed E-state index contributed by atoms with van der Waals surface area (Å²) in [4.78, 5) is 5.23. The zero-order valence-electron chi connectivity index (χ0n) is 18.6. The molecule has 0 unspecified atom stereocenters. The number of hydrogen-bond acceptors (Lipinski definition) is 3. The number of hydrogen-bond donors (Lipinski definition) is 0. The molecule has 8 rings (SSSR count). The topological polar surface area (TPSA) is 13.1 Å². The highest BCUT2D eigenvalue weighted by Gasteiger charge is 2.20. The Hall–Kier alpha value is -3.79. The van der Waals surface area contributed by atoms with Crippen LogP contribution in [0.2, 0.25) is 0 Å². The van der Waals surface area contributed by atoms with Gasteiger partial charge in [0.1, 0.15) is 11.2 Å². The van der Waals surface area contributed by atoms with Crippen molar-refractivity contribution >= 4 is 55.8 Å². The summed E-state index contributed by atoms with van der Waals surface area (Å²) in [5.74, 6) is 0. The first kappa shape index (κ1) is 19.5. The highest BCUT2D eigenvalue weighted by molar-refractivity contribution is 7.99. The Balaban J connectivity index is 1.23. The molecule has 0 aliphatic carbocycles. The van der Waals surface area contributed by atoms with E-state index in [2.05, 4.69) is 97.1 Å². The fourth-order valence-corrected chi connectivity index (χ4v) is 7.37. The van der Waals surface area contributed by atoms with Gasteiger partial charge in [-0.3, -0.25) is 0 Å². The van der Waals surface area contributed by atoms with E-state index in [1.807, 2.05) is 35.2 Å². The molecule has 0 atom stereocenters. The van der Waals surface area contributed by atoms with Gasteiger partial charge < -0.3 is 4.42 Å². The molecule has 0 amide bonds. The van der Waals surface area contributed by atoms with E-state index in [1.165, 1.54) is 63.3 Å². The molecule has 0 bridgehead atoms. The summed E-state index contributed by atoms with van der Waals surface area (Å²) in [7, 11) is 0. The van der Waals surface area contributed by atoms with Gasteiger partial charge in [-0.05, 0) is 82.2 Å². The molecule has 0 fully saturated rings. The van der Waals surface area contributed by atoms with E-state index in [1.54, 1.807) is 0 Å². The second-order valence-corrected chi connectivity index (χ2v) is 11.1. The van der Waals surface area contributed by atoms with Gasteiger partial charge in [0.2, 0.25) is 0 Å². The first-order valence-corrected chi connectivity index (χ1v) is 13.3. The van der Waals surface area contributed by atoms with Gasteiger partial charge in [0, 0.05) is 35.7 Å². The lowest BCUT2D eigenvalue weighted by molar-refractivity contribution is 0.669. The highest BCUT2D eigenvalue weighted by atomic mass is 32.2. The van der Waals surface area contributed by atoms with Gasteiger partial charge in [0.25, 0.3) is 0 Å². The molecule has 1 aliphatic rings. The minimum Gasteiger partial charge on any atom is -0.456 e. The molecule has 35 heavy (non-hydrogen) atoms. The molecular formula is C32H18OS2. The van der Waals surface area contributed by atoms with Crippen LogP contribution in [0.5, 0.6) is 0 Å². The maximum Gasteiger partial charge on any atom is 0.135 e. The lowest BCUT2D eigenvalue weighted by Gasteiger charge is -2.20. The molecule has 1 aliphatic heterocycles. The average Bonchev–Trinajstić information content (AvgIpc) is 3.54. The van der Waals surface area contributed by atoms with Gasteiger partial charge in [-0.1, -0.05) is 66.4 Å². The fourth-order valence-electron chi connectivity index (χ4n) is 5.24. The molecule has 164 valence electrons. The maximum absolute atomic E-state index is 6.02. The monoisotopic (exact) mass is 482 g/mol. The van der Waals surface area contributed by atoms with Crippen molar-refractivity contribution in [3.05, 3.63) is 109 Å². The number of fused-ring (bicyclic) bond motifs is 5. The van der Waals surface area contributed by atoms with Crippen LogP contribution in [0.4, 0.5) is 0 Å². The molecule has 3 heterocycles. The summed E-state index contributed by atoms with van der Waals surface area (Å²) >= 11 is 3.73. The van der Waals surface area contributed by atoms with Gasteiger partial charge in [0.15, 0.2) is 0 Å². The summed E-state index contributed by atoms with van der Waals surface area (Å²) in [6.07, 6.45) is 0. The Morgan fingerprint density at radius 1 is 0.514 bits per heavy atom. The third kappa shape index (κ3) is 2.95. The van der Waals surface area contributed by atoms with Crippen LogP contribution in [-0.2, 0) is 0 Å². The van der Waals surface area contributed by atoms with E-state index in [9.17, 15) is 0 Å². The zero-order valence-corrected chi connectivity index (χ0v) is 20.3. The minimum absolute atomic E-state index is 0.938. The molecule has 0 radical (unpaired) electrons. The first-order chi connectivity index (χ1) is 17.3. The van der Waals surface area contributed by atoms with Gasteiger partial charge in [-0.2, -0.15) is 0 Å². The van der Waals surface area contributed by atoms with Gasteiger partial charge in [0.05, 0.1) is 0 Å². The molecule has 2 aromatic heterocycles. The summed E-state index contributed by atoms with van der Waals surface area (Å²) in [6.45, 7) is 0. The van der Waals surface area contributed by atoms with E-state index in [0.717, 1.165) is 11.2 Å². The van der Waals surface area contributed by atoms with Crippen LogP contribution >= 0.6 is 23.1 Å². The predicted molar refractivity (Wildman–Crippen MR) is 150 cm³/mol. The number of rotatable bonds is 2. The molecule has 0 spiro atoms. The summed E-state index contributed by atoms with van der Waals surface area (Å²) in [5.41, 5.74) is 7.04. The lowest BCUT2D eigenvalue weighted by atomic mass is 9.96. The van der Waals surface area contributed by atoms with Crippen molar-refractivity contribution in [2.75, 3.05) is 0 Å². The predicted octanol–water partition coefficient (Wildman–Crippen LogP) is 10.3. The van der Waals surface area contributed by atoms with Crippen LogP contribution in [0.3, 0.4) is 0 Å². The maximum atomic E-state index is 6.02. The Bertz CT molecular complexity index is 1930. The van der Waals surface area contributed by atoms with Crippen molar-refractivity contribution in [2.45, 2.75) is 9.79 Å². The van der Waals surface area contributed by atoms with E-state index in [0.29, 0.717) is 0 Å². The minimum atomic E-state index is 0.938. The van der Waals surface area contributed by atoms with E-state index < -0.39 is 0 Å². The standard InChI is InChI=1S/C32H18OS2/c1-2-9-26-22(7-1)24-17-20(11-13-27(24)33-26)28-15-16-29(34-28)21-12-14-30-25(18-21)23-8-3-5-19-6-4-10-31(35-30)32(19)23/h1-18H. The van der Waals surface area contributed by atoms with Crippen molar-refractivity contribution in [2.24, 2.45) is 0 Å². The number of benzene rings is 5. The molecule has 3 heteroatoms. The van der Waals surface area contributed by atoms with Gasteiger partial charge in [-0.15, -0.1) is 11.3 Å². The molecular weight excluding hydrogens is 464 g/mol. The van der Waals surface area contributed by atoms with Crippen LogP contribution in [-0.4, -0.2) is 0 Å². The van der Waals surface area contributed by atoms with Crippen LogP contribution in [0.1, 0.15) is 0 Å². The van der Waals surface area contributed by atoms with E-state index in [4.69, 9.17) is 4.42 Å². The third-order valence-electron chi connectivity index (χ3n) is 6.91. The third-order valence-corrected chi connectivity index (χ3v) is 9.23. The van der Waals surface area contributed by atoms with Crippen molar-refractivity contribution in [3.63, 3.8) is 0 Å². The molecule has 7 aromatic rings. The summed E-state index contributed by atoms with van der Waals surface area (Å²) in [6, 6.07) is 39.5. The normalized spacial score (nSPS) is 12.5. The van der Waals surface area contributed by atoms with Crippen molar-refractivity contribution in [1.29, 1.82) is 0 Å². The van der Waals surface area contributed by atoms with Crippen molar-refractivity contribution in [3.8, 4) is 32.0 Å². The average molecular weight is 483 g/mol. The van der Waals surface area contributed by atoms with Crippen LogP contribution in [0.15, 0.2) is 123 Å². The number of para-hydroxylation sites is 1. The van der Waals surface area contributed by atoms with Crippen molar-refractivity contribution < 1.29 is 4.42 Å². The van der Waals surface area contributed by atoms with Crippen LogP contribution < -0.4 is 0 Å². The van der Waals surface area contributed by atoms with Crippen LogP contribution in [0.25, 0.3) is 64.7 Å². The number of furan rings is 1.